The molecule has 4 N–H and O–H groups in total. The molecule has 0 saturated heterocycles. The molecule has 0 unspecified atom stereocenters. The Bertz CT molecular complexity index is 661. The van der Waals surface area contributed by atoms with Gasteiger partial charge < -0.3 is 10.7 Å². The van der Waals surface area contributed by atoms with E-state index in [1.54, 1.807) is 12.3 Å². The number of nitrogens with zero attached hydrogens (tertiary/aromatic N) is 3. The molecule has 74 valence electrons. The van der Waals surface area contributed by atoms with Gasteiger partial charge in [-0.2, -0.15) is 4.98 Å². The van der Waals surface area contributed by atoms with Gasteiger partial charge in [0, 0.05) is 6.20 Å². The van der Waals surface area contributed by atoms with Gasteiger partial charge in [0.15, 0.2) is 17.0 Å². The molecule has 0 radical (unpaired) electrons. The number of rotatable bonds is 1. The van der Waals surface area contributed by atoms with Gasteiger partial charge in [-0.25, -0.2) is 4.98 Å². The lowest BCUT2D eigenvalue weighted by Crippen LogP contribution is -2.11. The summed E-state index contributed by atoms with van der Waals surface area (Å²) < 4.78 is 0. The number of nitrogens with one attached hydrogen (secondary N) is 2. The number of aromatic amines is 2. The second kappa shape index (κ2) is 2.53. The Morgan fingerprint density at radius 1 is 1.27 bits per heavy atom. The van der Waals surface area contributed by atoms with Crippen LogP contribution < -0.4 is 11.3 Å². The van der Waals surface area contributed by atoms with E-state index in [2.05, 4.69) is 24.9 Å². The minimum atomic E-state index is -0.333. The third-order valence-electron chi connectivity index (χ3n) is 2.07. The molecule has 0 bridgehead atoms. The van der Waals surface area contributed by atoms with Crippen LogP contribution in [0.1, 0.15) is 5.82 Å². The molecule has 0 spiro atoms. The maximum atomic E-state index is 11.4. The van der Waals surface area contributed by atoms with Gasteiger partial charge in [0.2, 0.25) is 5.95 Å². The smallest absolute Gasteiger partial charge is 0.278 e. The SMILES string of the molecule is Nc1nc2nc(C3=NC=C3)[nH]c2c(=O)[nH]1. The first kappa shape index (κ1) is 7.92. The van der Waals surface area contributed by atoms with E-state index in [0.29, 0.717) is 22.7 Å². The highest BCUT2D eigenvalue weighted by Gasteiger charge is 2.13. The summed E-state index contributed by atoms with van der Waals surface area (Å²) in [6, 6.07) is 0. The molecule has 0 fully saturated rings. The second-order valence-electron chi connectivity index (χ2n) is 3.07. The number of nitrogen functional groups attached to an aromatic ring is 1. The molecule has 0 saturated carbocycles. The lowest BCUT2D eigenvalue weighted by Gasteiger charge is -1.99. The summed E-state index contributed by atoms with van der Waals surface area (Å²) in [7, 11) is 0. The van der Waals surface area contributed by atoms with Crippen LogP contribution in [0.25, 0.3) is 11.2 Å². The molecular weight excluding hydrogens is 196 g/mol. The molecule has 3 heterocycles. The van der Waals surface area contributed by atoms with E-state index in [9.17, 15) is 4.79 Å². The third-order valence-corrected chi connectivity index (χ3v) is 2.07. The lowest BCUT2D eigenvalue weighted by molar-refractivity contribution is 1.17. The van der Waals surface area contributed by atoms with Crippen molar-refractivity contribution in [3.63, 3.8) is 0 Å². The number of nitrogens with two attached hydrogens (primary N) is 1. The predicted octanol–water partition coefficient (Wildman–Crippen LogP) is -0.455. The molecule has 7 heteroatoms. The second-order valence-corrected chi connectivity index (χ2v) is 3.07. The van der Waals surface area contributed by atoms with E-state index >= 15 is 0 Å². The van der Waals surface area contributed by atoms with Crippen LogP contribution in [0, 0.1) is 0 Å². The van der Waals surface area contributed by atoms with E-state index in [-0.39, 0.29) is 11.5 Å². The largest absolute Gasteiger partial charge is 0.369 e. The normalized spacial score (nSPS) is 14.0. The molecule has 15 heavy (non-hydrogen) atoms. The Hall–Kier alpha value is -2.44. The van der Waals surface area contributed by atoms with Crippen LogP contribution in [-0.2, 0) is 0 Å². The van der Waals surface area contributed by atoms with Gasteiger partial charge in [0.05, 0.1) is 0 Å². The number of aliphatic imine (C=N–C) groups is 1. The average Bonchev–Trinajstić information content (AvgIpc) is 2.44. The van der Waals surface area contributed by atoms with Crippen molar-refractivity contribution in [2.45, 2.75) is 0 Å². The van der Waals surface area contributed by atoms with Crippen molar-refractivity contribution in [3.8, 4) is 0 Å². The Morgan fingerprint density at radius 3 is 2.73 bits per heavy atom. The molecule has 1 aliphatic rings. The van der Waals surface area contributed by atoms with Crippen LogP contribution in [0.5, 0.6) is 0 Å². The summed E-state index contributed by atoms with van der Waals surface area (Å²) in [5.74, 6) is 0.577. The number of hydrogen-bond donors (Lipinski definition) is 3. The standard InChI is InChI=1S/C8H6N6O/c9-8-13-6-4(7(15)14-8)11-5(12-6)3-1-2-10-3/h1-2H,(H4,9,11,12,13,14,15). The summed E-state index contributed by atoms with van der Waals surface area (Å²) in [6.07, 6.45) is 3.43. The van der Waals surface area contributed by atoms with E-state index < -0.39 is 0 Å². The number of fused-ring (bicyclic) bond motifs is 1. The Balaban J connectivity index is 2.30. The number of allylic oxidation sites excluding steroid dienone is 1. The minimum absolute atomic E-state index is 0.0524. The zero-order valence-electron chi connectivity index (χ0n) is 7.48. The summed E-state index contributed by atoms with van der Waals surface area (Å²) in [6.45, 7) is 0. The average molecular weight is 202 g/mol. The quantitative estimate of drug-likeness (QED) is 0.580. The first-order valence-corrected chi connectivity index (χ1v) is 4.24. The van der Waals surface area contributed by atoms with Crippen LogP contribution in [0.4, 0.5) is 5.95 Å². The fourth-order valence-electron chi connectivity index (χ4n) is 1.33. The van der Waals surface area contributed by atoms with Crippen molar-refractivity contribution >= 4 is 22.8 Å². The number of anilines is 1. The topological polar surface area (TPSA) is 113 Å². The van der Waals surface area contributed by atoms with E-state index in [4.69, 9.17) is 5.73 Å². The minimum Gasteiger partial charge on any atom is -0.369 e. The van der Waals surface area contributed by atoms with Gasteiger partial charge in [0.25, 0.3) is 5.56 Å². The molecule has 7 nitrogen and oxygen atoms in total. The zero-order valence-corrected chi connectivity index (χ0v) is 7.48. The van der Waals surface area contributed by atoms with Crippen molar-refractivity contribution in [3.05, 3.63) is 28.5 Å². The van der Waals surface area contributed by atoms with Crippen LogP contribution >= 0.6 is 0 Å². The first-order chi connectivity index (χ1) is 7.24. The lowest BCUT2D eigenvalue weighted by atomic mass is 10.3. The highest BCUT2D eigenvalue weighted by atomic mass is 16.1. The van der Waals surface area contributed by atoms with E-state index in [0.717, 1.165) is 0 Å². The first-order valence-electron chi connectivity index (χ1n) is 4.24. The highest BCUT2D eigenvalue weighted by molar-refractivity contribution is 6.10. The van der Waals surface area contributed by atoms with Gasteiger partial charge in [-0.05, 0) is 6.08 Å². The van der Waals surface area contributed by atoms with Crippen molar-refractivity contribution in [1.82, 2.24) is 19.9 Å². The van der Waals surface area contributed by atoms with Crippen LogP contribution in [0.15, 0.2) is 22.1 Å². The summed E-state index contributed by atoms with van der Waals surface area (Å²) in [5, 5.41) is 0. The molecule has 0 aliphatic carbocycles. The van der Waals surface area contributed by atoms with Crippen LogP contribution in [-0.4, -0.2) is 25.6 Å². The van der Waals surface area contributed by atoms with Crippen LogP contribution in [0.3, 0.4) is 0 Å². The van der Waals surface area contributed by atoms with Crippen molar-refractivity contribution in [2.24, 2.45) is 4.99 Å². The van der Waals surface area contributed by atoms with Gasteiger partial charge in [-0.15, -0.1) is 0 Å². The fraction of sp³-hybridized carbons (Fsp3) is 0. The number of hydrogen-bond acceptors (Lipinski definition) is 5. The molecular formula is C8H6N6O. The molecule has 2 aromatic rings. The van der Waals surface area contributed by atoms with Gasteiger partial charge in [-0.3, -0.25) is 14.8 Å². The number of imidazole rings is 1. The summed E-state index contributed by atoms with van der Waals surface area (Å²) in [4.78, 5) is 28.6. The molecule has 0 aromatic carbocycles. The Labute approximate surface area is 82.8 Å². The number of H-pyrrole nitrogens is 2. The molecule has 1 aliphatic heterocycles. The molecule has 2 aromatic heterocycles. The maximum absolute atomic E-state index is 11.4. The third kappa shape index (κ3) is 1.06. The molecule has 0 atom stereocenters. The van der Waals surface area contributed by atoms with Gasteiger partial charge >= 0.3 is 0 Å². The molecule has 0 amide bonds. The van der Waals surface area contributed by atoms with E-state index in [1.807, 2.05) is 0 Å². The van der Waals surface area contributed by atoms with Crippen molar-refractivity contribution in [1.29, 1.82) is 0 Å². The predicted molar refractivity (Wildman–Crippen MR) is 54.6 cm³/mol. The van der Waals surface area contributed by atoms with Gasteiger partial charge in [-0.1, -0.05) is 0 Å². The van der Waals surface area contributed by atoms with Crippen molar-refractivity contribution < 1.29 is 0 Å². The van der Waals surface area contributed by atoms with Crippen LogP contribution in [0.2, 0.25) is 0 Å². The Kier molecular flexibility index (Phi) is 1.34. The fourth-order valence-corrected chi connectivity index (χ4v) is 1.33. The Morgan fingerprint density at radius 2 is 2.07 bits per heavy atom. The summed E-state index contributed by atoms with van der Waals surface area (Å²) in [5.41, 5.74) is 6.37. The maximum Gasteiger partial charge on any atom is 0.278 e. The number of aromatic nitrogens is 4. The molecule has 3 rings (SSSR count). The van der Waals surface area contributed by atoms with Gasteiger partial charge in [0.1, 0.15) is 5.71 Å². The van der Waals surface area contributed by atoms with Crippen molar-refractivity contribution in [2.75, 3.05) is 5.73 Å². The van der Waals surface area contributed by atoms with E-state index in [1.165, 1.54) is 0 Å². The summed E-state index contributed by atoms with van der Waals surface area (Å²) >= 11 is 0. The zero-order chi connectivity index (χ0) is 10.4. The monoisotopic (exact) mass is 202 g/mol. The highest BCUT2D eigenvalue weighted by Crippen LogP contribution is 2.09.